The summed E-state index contributed by atoms with van der Waals surface area (Å²) in [6.45, 7) is 1.11. The van der Waals surface area contributed by atoms with Gasteiger partial charge in [-0.05, 0) is 86.4 Å². The van der Waals surface area contributed by atoms with E-state index >= 15 is 4.39 Å². The summed E-state index contributed by atoms with van der Waals surface area (Å²) in [6, 6.07) is 18.3. The van der Waals surface area contributed by atoms with Crippen LogP contribution in [-0.4, -0.2) is 84.0 Å². The molecular formula is C41H39FN8O6S. The Labute approximate surface area is 331 Å². The molecule has 5 aromatic rings. The number of hydrogen-bond donors (Lipinski definition) is 2. The molecule has 0 aliphatic carbocycles. The number of piperidine rings is 2. The minimum Gasteiger partial charge on any atom is -0.457 e. The largest absolute Gasteiger partial charge is 0.457 e. The topological polar surface area (TPSA) is 183 Å². The minimum absolute atomic E-state index is 0.00343. The minimum atomic E-state index is -1.13. The Morgan fingerprint density at radius 2 is 1.72 bits per heavy atom. The summed E-state index contributed by atoms with van der Waals surface area (Å²) in [4.78, 5) is 75.6. The number of imide groups is 2. The first-order valence-corrected chi connectivity index (χ1v) is 19.9. The molecule has 5 heterocycles. The molecule has 14 nitrogen and oxygen atoms in total. The number of fused-ring (bicyclic) bond motifs is 2. The maximum Gasteiger partial charge on any atom is 0.263 e. The number of ether oxygens (including phenoxy) is 1. The molecule has 8 rings (SSSR count). The Bertz CT molecular complexity index is 2390. The Morgan fingerprint density at radius 3 is 2.51 bits per heavy atom. The van der Waals surface area contributed by atoms with Crippen molar-refractivity contribution in [2.75, 3.05) is 24.6 Å². The Balaban J connectivity index is 0.864. The van der Waals surface area contributed by atoms with Crippen molar-refractivity contribution in [3.05, 3.63) is 90.0 Å². The van der Waals surface area contributed by atoms with Crippen LogP contribution in [0.5, 0.6) is 11.5 Å². The van der Waals surface area contributed by atoms with Gasteiger partial charge in [0, 0.05) is 31.5 Å². The first kappa shape index (κ1) is 37.7. The fourth-order valence-electron chi connectivity index (χ4n) is 7.67. The predicted molar refractivity (Wildman–Crippen MR) is 209 cm³/mol. The lowest BCUT2D eigenvalue weighted by molar-refractivity contribution is -0.136. The van der Waals surface area contributed by atoms with Gasteiger partial charge in [0.05, 0.1) is 27.5 Å². The Hall–Kier alpha value is -6.16. The third-order valence-corrected chi connectivity index (χ3v) is 11.7. The van der Waals surface area contributed by atoms with Gasteiger partial charge in [0.2, 0.25) is 17.7 Å². The molecule has 5 amide bonds. The van der Waals surface area contributed by atoms with Crippen molar-refractivity contribution in [1.29, 1.82) is 0 Å². The molecule has 16 heteroatoms. The summed E-state index contributed by atoms with van der Waals surface area (Å²) >= 11 is 1.14. The molecule has 3 aromatic carbocycles. The number of carbonyl (C=O) groups excluding carboxylic acids is 5. The number of rotatable bonds is 12. The van der Waals surface area contributed by atoms with E-state index in [4.69, 9.17) is 15.6 Å². The van der Waals surface area contributed by atoms with Gasteiger partial charge in [-0.2, -0.15) is 5.10 Å². The van der Waals surface area contributed by atoms with Crippen LogP contribution in [0.1, 0.15) is 78.1 Å². The maximum atomic E-state index is 15.1. The number of halogens is 1. The van der Waals surface area contributed by atoms with Crippen LogP contribution < -0.4 is 15.8 Å². The number of unbranched alkanes of at least 4 members (excludes halogenated alkanes) is 2. The van der Waals surface area contributed by atoms with Gasteiger partial charge in [0.1, 0.15) is 41.2 Å². The number of nitrogens with zero attached hydrogens (tertiary/aromatic N) is 6. The zero-order valence-corrected chi connectivity index (χ0v) is 31.7. The first-order valence-electron chi connectivity index (χ1n) is 18.9. The molecule has 3 N–H and O–H groups in total. The number of nitrogen functional groups attached to an aromatic ring is 1. The number of thioether (sulfide) groups is 1. The first-order chi connectivity index (χ1) is 27.7. The third kappa shape index (κ3) is 7.56. The highest BCUT2D eigenvalue weighted by Gasteiger charge is 2.46. The second kappa shape index (κ2) is 16.1. The summed E-state index contributed by atoms with van der Waals surface area (Å²) in [6.07, 6.45) is 5.35. The number of likely N-dealkylation sites (tertiary alicyclic amines) is 1. The van der Waals surface area contributed by atoms with Crippen molar-refractivity contribution < 1.29 is 33.1 Å². The lowest BCUT2D eigenvalue weighted by atomic mass is 10.0. The molecule has 3 aliphatic heterocycles. The van der Waals surface area contributed by atoms with Gasteiger partial charge in [-0.15, -0.1) is 11.8 Å². The average molecular weight is 791 g/mol. The highest BCUT2D eigenvalue weighted by atomic mass is 32.2. The van der Waals surface area contributed by atoms with Crippen molar-refractivity contribution in [2.45, 2.75) is 68.3 Å². The molecule has 57 heavy (non-hydrogen) atoms. The number of hydrogen-bond acceptors (Lipinski definition) is 11. The molecule has 2 saturated heterocycles. The van der Waals surface area contributed by atoms with E-state index in [2.05, 4.69) is 15.3 Å². The summed E-state index contributed by atoms with van der Waals surface area (Å²) in [5.41, 5.74) is 8.46. The molecule has 3 aliphatic rings. The van der Waals surface area contributed by atoms with E-state index in [0.29, 0.717) is 72.8 Å². The van der Waals surface area contributed by atoms with E-state index in [1.54, 1.807) is 0 Å². The van der Waals surface area contributed by atoms with E-state index in [1.165, 1.54) is 12.4 Å². The van der Waals surface area contributed by atoms with Crippen molar-refractivity contribution >= 4 is 58.1 Å². The molecule has 0 radical (unpaired) electrons. The van der Waals surface area contributed by atoms with Crippen molar-refractivity contribution in [3.63, 3.8) is 0 Å². The van der Waals surface area contributed by atoms with Crippen molar-refractivity contribution in [1.82, 2.24) is 34.9 Å². The number of carbonyl (C=O) groups is 5. The molecule has 1 unspecified atom stereocenters. The predicted octanol–water partition coefficient (Wildman–Crippen LogP) is 5.92. The van der Waals surface area contributed by atoms with Gasteiger partial charge in [-0.1, -0.05) is 24.6 Å². The normalized spacial score (nSPS) is 18.3. The van der Waals surface area contributed by atoms with E-state index < -0.39 is 35.5 Å². The van der Waals surface area contributed by atoms with Crippen LogP contribution >= 0.6 is 11.8 Å². The number of benzene rings is 3. The number of nitrogens with one attached hydrogen (secondary N) is 1. The summed E-state index contributed by atoms with van der Waals surface area (Å²) in [5.74, 6) is -1.01. The Morgan fingerprint density at radius 1 is 0.930 bits per heavy atom. The number of aromatic nitrogens is 4. The van der Waals surface area contributed by atoms with Gasteiger partial charge < -0.3 is 15.4 Å². The monoisotopic (exact) mass is 790 g/mol. The van der Waals surface area contributed by atoms with E-state index in [-0.39, 0.29) is 40.8 Å². The molecule has 2 atom stereocenters. The fourth-order valence-corrected chi connectivity index (χ4v) is 8.77. The SMILES string of the molecule is Nc1ncnc2c1c(-c1ccc(Oc3ccccc3)cc1)nn2[C@@H]1CCCN(C(=O)CCCCCSc2c(F)ccc3c2C(=O)N(C2CCC(=O)NC2=O)C3=O)C1. The number of nitrogens with two attached hydrogens (primary N) is 1. The zero-order valence-electron chi connectivity index (χ0n) is 30.9. The molecule has 0 bridgehead atoms. The Kier molecular flexibility index (Phi) is 10.7. The van der Waals surface area contributed by atoms with Crippen LogP contribution in [-0.2, 0) is 14.4 Å². The van der Waals surface area contributed by atoms with Crippen LogP contribution in [0.15, 0.2) is 78.0 Å². The molecule has 0 spiro atoms. The standard InChI is InChI=1S/C41H39FN8O6S/c42-29-17-16-28-33(41(55)49(40(28)54)30-18-19-31(51)46-39(30)53)36(29)57-21-6-2-5-11-32(52)48-20-7-8-25(22-48)50-38-34(37(43)44-23-45-38)35(47-50)24-12-14-27(15-13-24)56-26-9-3-1-4-10-26/h1,3-4,9-10,12-17,23,25,30H,2,5-8,11,18-22H2,(H2,43,44,45)(H,46,51,53)/t25-,30?/m1/s1. The molecular weight excluding hydrogens is 752 g/mol. The van der Waals surface area contributed by atoms with Gasteiger partial charge >= 0.3 is 0 Å². The van der Waals surface area contributed by atoms with Gasteiger partial charge in [0.25, 0.3) is 11.8 Å². The van der Waals surface area contributed by atoms with Gasteiger partial charge in [0.15, 0.2) is 5.65 Å². The van der Waals surface area contributed by atoms with E-state index in [9.17, 15) is 24.0 Å². The number of amides is 5. The van der Waals surface area contributed by atoms with Crippen LogP contribution in [0.4, 0.5) is 10.2 Å². The number of para-hydroxylation sites is 1. The second-order valence-corrected chi connectivity index (χ2v) is 15.3. The lowest BCUT2D eigenvalue weighted by Gasteiger charge is -2.33. The van der Waals surface area contributed by atoms with E-state index in [0.717, 1.165) is 46.9 Å². The number of anilines is 1. The fraction of sp³-hybridized carbons (Fsp3) is 0.317. The summed E-state index contributed by atoms with van der Waals surface area (Å²) in [7, 11) is 0. The highest BCUT2D eigenvalue weighted by molar-refractivity contribution is 7.99. The quantitative estimate of drug-likeness (QED) is 0.0869. The maximum absolute atomic E-state index is 15.1. The smallest absolute Gasteiger partial charge is 0.263 e. The zero-order chi connectivity index (χ0) is 39.6. The molecule has 0 saturated carbocycles. The second-order valence-electron chi connectivity index (χ2n) is 14.2. The van der Waals surface area contributed by atoms with Crippen LogP contribution in [0.2, 0.25) is 0 Å². The summed E-state index contributed by atoms with van der Waals surface area (Å²) in [5, 5.41) is 7.82. The average Bonchev–Trinajstić information content (AvgIpc) is 3.73. The third-order valence-electron chi connectivity index (χ3n) is 10.5. The van der Waals surface area contributed by atoms with Gasteiger partial charge in [-0.25, -0.2) is 19.0 Å². The van der Waals surface area contributed by atoms with Crippen LogP contribution in [0, 0.1) is 5.82 Å². The van der Waals surface area contributed by atoms with Crippen molar-refractivity contribution in [3.8, 4) is 22.8 Å². The van der Waals surface area contributed by atoms with Gasteiger partial charge in [-0.3, -0.25) is 34.2 Å². The van der Waals surface area contributed by atoms with E-state index in [1.807, 2.05) is 64.2 Å². The lowest BCUT2D eigenvalue weighted by Crippen LogP contribution is -2.54. The molecule has 292 valence electrons. The molecule has 2 fully saturated rings. The highest BCUT2D eigenvalue weighted by Crippen LogP contribution is 2.38. The van der Waals surface area contributed by atoms with Crippen LogP contribution in [0.25, 0.3) is 22.3 Å². The van der Waals surface area contributed by atoms with Crippen molar-refractivity contribution in [2.24, 2.45) is 0 Å². The summed E-state index contributed by atoms with van der Waals surface area (Å²) < 4.78 is 22.9. The molecule has 2 aromatic heterocycles. The van der Waals surface area contributed by atoms with Crippen LogP contribution in [0.3, 0.4) is 0 Å².